The van der Waals surface area contributed by atoms with Crippen LogP contribution in [0.1, 0.15) is 18.9 Å². The molecule has 0 aliphatic heterocycles. The van der Waals surface area contributed by atoms with Crippen LogP contribution < -0.4 is 5.32 Å². The van der Waals surface area contributed by atoms with Crippen molar-refractivity contribution >= 4 is 11.7 Å². The lowest BCUT2D eigenvalue weighted by atomic mass is 9.86. The van der Waals surface area contributed by atoms with Crippen molar-refractivity contribution in [3.05, 3.63) is 66.2 Å². The van der Waals surface area contributed by atoms with Gasteiger partial charge in [0.05, 0.1) is 7.11 Å². The average molecular weight is 269 g/mol. The summed E-state index contributed by atoms with van der Waals surface area (Å²) in [6.07, 6.45) is 0.596. The smallest absolute Gasteiger partial charge is 0.336 e. The zero-order valence-corrected chi connectivity index (χ0v) is 11.8. The highest BCUT2D eigenvalue weighted by Gasteiger charge is 2.39. The third-order valence-electron chi connectivity index (χ3n) is 3.46. The largest absolute Gasteiger partial charge is 0.467 e. The number of esters is 1. The van der Waals surface area contributed by atoms with Crippen molar-refractivity contribution < 1.29 is 9.53 Å². The van der Waals surface area contributed by atoms with Crippen LogP contribution >= 0.6 is 0 Å². The summed E-state index contributed by atoms with van der Waals surface area (Å²) in [5.41, 5.74) is 0.930. The molecule has 104 valence electrons. The number of hydrogen-bond donors (Lipinski definition) is 1. The second-order valence-electron chi connectivity index (χ2n) is 4.61. The molecule has 0 radical (unpaired) electrons. The van der Waals surface area contributed by atoms with Crippen molar-refractivity contribution in [2.75, 3.05) is 12.4 Å². The fraction of sp³-hybridized carbons (Fsp3) is 0.235. The van der Waals surface area contributed by atoms with Gasteiger partial charge in [0.1, 0.15) is 0 Å². The van der Waals surface area contributed by atoms with Gasteiger partial charge >= 0.3 is 5.97 Å². The van der Waals surface area contributed by atoms with Crippen LogP contribution in [0.4, 0.5) is 5.69 Å². The minimum absolute atomic E-state index is 0.282. The van der Waals surface area contributed by atoms with Crippen molar-refractivity contribution in [3.63, 3.8) is 0 Å². The first-order valence-electron chi connectivity index (χ1n) is 6.70. The molecule has 0 aliphatic carbocycles. The molecule has 2 rings (SSSR count). The monoisotopic (exact) mass is 269 g/mol. The Kier molecular flexibility index (Phi) is 4.41. The molecule has 3 nitrogen and oxygen atoms in total. The molecule has 0 saturated heterocycles. The van der Waals surface area contributed by atoms with E-state index >= 15 is 0 Å². The quantitative estimate of drug-likeness (QED) is 0.843. The summed E-state index contributed by atoms with van der Waals surface area (Å²) in [6.45, 7) is 1.97. The van der Waals surface area contributed by atoms with Crippen LogP contribution in [-0.2, 0) is 15.1 Å². The highest BCUT2D eigenvalue weighted by molar-refractivity contribution is 5.86. The molecule has 1 N–H and O–H groups in total. The molecule has 1 atom stereocenters. The Labute approximate surface area is 119 Å². The molecule has 0 unspecified atom stereocenters. The number of nitrogens with one attached hydrogen (secondary N) is 1. The Bertz CT molecular complexity index is 554. The third-order valence-corrected chi connectivity index (χ3v) is 3.46. The average Bonchev–Trinajstić information content (AvgIpc) is 2.53. The standard InChI is InChI=1S/C17H19NO2/c1-3-17(16(19)20-2,14-10-6-4-7-11-14)18-15-12-8-5-9-13-15/h4-13,18H,3H2,1-2H3/t17-/m0/s1. The van der Waals surface area contributed by atoms with E-state index in [1.807, 2.05) is 67.6 Å². The second-order valence-corrected chi connectivity index (χ2v) is 4.61. The highest BCUT2D eigenvalue weighted by atomic mass is 16.5. The van der Waals surface area contributed by atoms with Crippen LogP contribution in [0.3, 0.4) is 0 Å². The second kappa shape index (κ2) is 6.24. The number of hydrogen-bond acceptors (Lipinski definition) is 3. The zero-order chi connectivity index (χ0) is 14.4. The van der Waals surface area contributed by atoms with Gasteiger partial charge in [-0.2, -0.15) is 0 Å². The van der Waals surface area contributed by atoms with E-state index in [4.69, 9.17) is 4.74 Å². The Morgan fingerprint density at radius 2 is 1.60 bits per heavy atom. The van der Waals surface area contributed by atoms with Gasteiger partial charge in [-0.05, 0) is 24.1 Å². The van der Waals surface area contributed by atoms with Gasteiger partial charge in [0, 0.05) is 5.69 Å². The van der Waals surface area contributed by atoms with Crippen LogP contribution in [-0.4, -0.2) is 13.1 Å². The fourth-order valence-corrected chi connectivity index (χ4v) is 2.34. The number of ether oxygens (including phenoxy) is 1. The minimum Gasteiger partial charge on any atom is -0.467 e. The summed E-state index contributed by atoms with van der Waals surface area (Å²) in [6, 6.07) is 19.4. The number of rotatable bonds is 5. The first-order chi connectivity index (χ1) is 9.73. The van der Waals surface area contributed by atoms with E-state index in [-0.39, 0.29) is 5.97 Å². The summed E-state index contributed by atoms with van der Waals surface area (Å²) in [5.74, 6) is -0.282. The summed E-state index contributed by atoms with van der Waals surface area (Å²) in [7, 11) is 1.42. The molecule has 2 aromatic carbocycles. The summed E-state index contributed by atoms with van der Waals surface area (Å²) >= 11 is 0. The van der Waals surface area contributed by atoms with E-state index in [1.54, 1.807) is 0 Å². The number of carbonyl (C=O) groups is 1. The summed E-state index contributed by atoms with van der Waals surface area (Å²) in [5, 5.41) is 3.33. The van der Waals surface area contributed by atoms with Gasteiger partial charge in [-0.15, -0.1) is 0 Å². The molecule has 0 saturated carbocycles. The lowest BCUT2D eigenvalue weighted by molar-refractivity contribution is -0.146. The number of methoxy groups -OCH3 is 1. The maximum atomic E-state index is 12.4. The molecular formula is C17H19NO2. The molecular weight excluding hydrogens is 250 g/mol. The van der Waals surface area contributed by atoms with Crippen LogP contribution in [0, 0.1) is 0 Å². The maximum absolute atomic E-state index is 12.4. The number of benzene rings is 2. The van der Waals surface area contributed by atoms with E-state index in [9.17, 15) is 4.79 Å². The molecule has 2 aromatic rings. The van der Waals surface area contributed by atoms with E-state index in [1.165, 1.54) is 7.11 Å². The fourth-order valence-electron chi connectivity index (χ4n) is 2.34. The molecule has 0 aliphatic rings. The maximum Gasteiger partial charge on any atom is 0.336 e. The third kappa shape index (κ3) is 2.67. The van der Waals surface area contributed by atoms with Crippen LogP contribution in [0.25, 0.3) is 0 Å². The number of carbonyl (C=O) groups excluding carboxylic acids is 1. The number of para-hydroxylation sites is 1. The van der Waals surface area contributed by atoms with Crippen molar-refractivity contribution in [3.8, 4) is 0 Å². The van der Waals surface area contributed by atoms with Crippen molar-refractivity contribution in [2.24, 2.45) is 0 Å². The van der Waals surface area contributed by atoms with E-state index in [2.05, 4.69) is 5.32 Å². The van der Waals surface area contributed by atoms with E-state index in [0.717, 1.165) is 11.3 Å². The van der Waals surface area contributed by atoms with Crippen LogP contribution in [0.2, 0.25) is 0 Å². The summed E-state index contributed by atoms with van der Waals surface area (Å²) < 4.78 is 5.03. The molecule has 0 spiro atoms. The van der Waals surface area contributed by atoms with Gasteiger partial charge < -0.3 is 10.1 Å². The Morgan fingerprint density at radius 3 is 2.10 bits per heavy atom. The van der Waals surface area contributed by atoms with Crippen LogP contribution in [0.5, 0.6) is 0 Å². The van der Waals surface area contributed by atoms with Gasteiger partial charge in [-0.25, -0.2) is 4.79 Å². The summed E-state index contributed by atoms with van der Waals surface area (Å²) in [4.78, 5) is 12.4. The van der Waals surface area contributed by atoms with E-state index < -0.39 is 5.54 Å². The van der Waals surface area contributed by atoms with Gasteiger partial charge in [0.25, 0.3) is 0 Å². The lowest BCUT2D eigenvalue weighted by Crippen LogP contribution is -2.43. The normalized spacial score (nSPS) is 13.3. The van der Waals surface area contributed by atoms with E-state index in [0.29, 0.717) is 6.42 Å². The predicted octanol–water partition coefficient (Wildman–Crippen LogP) is 3.58. The Morgan fingerprint density at radius 1 is 1.05 bits per heavy atom. The van der Waals surface area contributed by atoms with Gasteiger partial charge in [0.15, 0.2) is 5.54 Å². The first-order valence-corrected chi connectivity index (χ1v) is 6.70. The molecule has 0 heterocycles. The topological polar surface area (TPSA) is 38.3 Å². The lowest BCUT2D eigenvalue weighted by Gasteiger charge is -2.32. The molecule has 0 amide bonds. The van der Waals surface area contributed by atoms with Crippen LogP contribution in [0.15, 0.2) is 60.7 Å². The molecule has 0 fully saturated rings. The Hall–Kier alpha value is -2.29. The SMILES string of the molecule is CC[C@@](Nc1ccccc1)(C(=O)OC)c1ccccc1. The van der Waals surface area contributed by atoms with Gasteiger partial charge in [0.2, 0.25) is 0 Å². The highest BCUT2D eigenvalue weighted by Crippen LogP contribution is 2.31. The van der Waals surface area contributed by atoms with Crippen molar-refractivity contribution in [1.29, 1.82) is 0 Å². The molecule has 0 aromatic heterocycles. The Balaban J connectivity index is 2.46. The van der Waals surface area contributed by atoms with Crippen molar-refractivity contribution in [1.82, 2.24) is 0 Å². The minimum atomic E-state index is -0.864. The molecule has 0 bridgehead atoms. The first kappa shape index (κ1) is 14.1. The van der Waals surface area contributed by atoms with Gasteiger partial charge in [-0.3, -0.25) is 0 Å². The van der Waals surface area contributed by atoms with Gasteiger partial charge in [-0.1, -0.05) is 55.5 Å². The predicted molar refractivity (Wildman–Crippen MR) is 80.5 cm³/mol. The molecule has 3 heteroatoms. The van der Waals surface area contributed by atoms with Crippen molar-refractivity contribution in [2.45, 2.75) is 18.9 Å². The molecule has 20 heavy (non-hydrogen) atoms. The number of anilines is 1. The zero-order valence-electron chi connectivity index (χ0n) is 11.8.